The van der Waals surface area contributed by atoms with Gasteiger partial charge in [-0.1, -0.05) is 6.92 Å². The molecule has 4 amide bonds. The van der Waals surface area contributed by atoms with Gasteiger partial charge in [0.05, 0.1) is 18.0 Å². The highest BCUT2D eigenvalue weighted by molar-refractivity contribution is 8.03. The second kappa shape index (κ2) is 9.98. The van der Waals surface area contributed by atoms with Crippen LogP contribution in [-0.4, -0.2) is 94.3 Å². The largest absolute Gasteiger partial charge is 0.477 e. The van der Waals surface area contributed by atoms with Gasteiger partial charge < -0.3 is 36.6 Å². The van der Waals surface area contributed by atoms with E-state index in [1.807, 2.05) is 18.7 Å². The molecule has 4 rings (SSSR count). The van der Waals surface area contributed by atoms with Crippen molar-refractivity contribution < 1.29 is 24.3 Å². The van der Waals surface area contributed by atoms with Crippen LogP contribution in [0.1, 0.15) is 40.0 Å². The summed E-state index contributed by atoms with van der Waals surface area (Å²) in [5, 5.41) is 18.5. The fourth-order valence-corrected chi connectivity index (χ4v) is 7.44. The number of carbonyl (C=O) groups excluding carboxylic acids is 3. The molecule has 3 fully saturated rings. The van der Waals surface area contributed by atoms with Crippen molar-refractivity contribution in [1.29, 1.82) is 0 Å². The highest BCUT2D eigenvalue weighted by Gasteiger charge is 2.60. The van der Waals surface area contributed by atoms with Crippen LogP contribution < -0.4 is 21.7 Å². The molecule has 4 aliphatic heterocycles. The minimum absolute atomic E-state index is 0.0202. The summed E-state index contributed by atoms with van der Waals surface area (Å²) < 4.78 is 0. The molecule has 8 atom stereocenters. The number of thioether (sulfide) groups is 1. The summed E-state index contributed by atoms with van der Waals surface area (Å²) in [4.78, 5) is 54.0. The molecule has 0 aromatic carbocycles. The first-order valence-corrected chi connectivity index (χ1v) is 13.2. The second-order valence-electron chi connectivity index (χ2n) is 10.1. The number of nitrogens with zero attached hydrogens (tertiary/aromatic N) is 2. The Balaban J connectivity index is 1.44. The van der Waals surface area contributed by atoms with Crippen LogP contribution in [0.4, 0.5) is 4.79 Å². The van der Waals surface area contributed by atoms with E-state index in [0.29, 0.717) is 24.4 Å². The van der Waals surface area contributed by atoms with E-state index >= 15 is 0 Å². The van der Waals surface area contributed by atoms with Crippen molar-refractivity contribution in [2.24, 2.45) is 17.6 Å². The molecule has 3 saturated heterocycles. The Morgan fingerprint density at radius 1 is 1.26 bits per heavy atom. The Hall–Kier alpha value is -2.31. The molecule has 0 saturated carbocycles. The number of carboxylic acid groups (broad SMARTS) is 1. The lowest BCUT2D eigenvalue weighted by molar-refractivity contribution is -0.158. The number of urea groups is 1. The summed E-state index contributed by atoms with van der Waals surface area (Å²) in [6, 6.07) is -1.20. The lowest BCUT2D eigenvalue weighted by Crippen LogP contribution is -2.66. The molecule has 0 radical (unpaired) electrons. The van der Waals surface area contributed by atoms with Crippen molar-refractivity contribution in [1.82, 2.24) is 25.8 Å². The number of rotatable bonds is 6. The number of carboxylic acids is 1. The summed E-state index contributed by atoms with van der Waals surface area (Å²) in [6.07, 6.45) is 2.19. The molecule has 4 heterocycles. The van der Waals surface area contributed by atoms with E-state index < -0.39 is 17.9 Å². The van der Waals surface area contributed by atoms with Gasteiger partial charge in [0.2, 0.25) is 11.8 Å². The van der Waals surface area contributed by atoms with Crippen LogP contribution in [0.25, 0.3) is 0 Å². The van der Waals surface area contributed by atoms with Crippen LogP contribution in [0.3, 0.4) is 0 Å². The first-order chi connectivity index (χ1) is 16.5. The van der Waals surface area contributed by atoms with E-state index in [4.69, 9.17) is 5.73 Å². The minimum atomic E-state index is -1.13. The van der Waals surface area contributed by atoms with Gasteiger partial charge in [-0.15, -0.1) is 11.8 Å². The molecule has 194 valence electrons. The molecule has 2 unspecified atom stereocenters. The average Bonchev–Trinajstić information content (AvgIpc) is 3.35. The van der Waals surface area contributed by atoms with E-state index in [2.05, 4.69) is 16.0 Å². The van der Waals surface area contributed by atoms with Crippen molar-refractivity contribution in [3.8, 4) is 0 Å². The van der Waals surface area contributed by atoms with Gasteiger partial charge >= 0.3 is 12.0 Å². The van der Waals surface area contributed by atoms with Gasteiger partial charge in [0, 0.05) is 54.3 Å². The van der Waals surface area contributed by atoms with Gasteiger partial charge in [-0.2, -0.15) is 0 Å². The smallest absolute Gasteiger partial charge is 0.353 e. The average molecular weight is 509 g/mol. The van der Waals surface area contributed by atoms with Gasteiger partial charge in [-0.3, -0.25) is 9.59 Å². The lowest BCUT2D eigenvalue weighted by atomic mass is 9.78. The number of hydrogen-bond donors (Lipinski definition) is 5. The Labute approximate surface area is 209 Å². The third kappa shape index (κ3) is 4.63. The van der Waals surface area contributed by atoms with Crippen LogP contribution >= 0.6 is 11.8 Å². The third-order valence-corrected chi connectivity index (χ3v) is 9.31. The number of β-lactam (4-membered cyclic amide) rings is 1. The number of carbonyl (C=O) groups is 4. The maximum Gasteiger partial charge on any atom is 0.353 e. The summed E-state index contributed by atoms with van der Waals surface area (Å²) in [5.74, 6) is -2.00. The monoisotopic (exact) mass is 508 g/mol. The second-order valence-corrected chi connectivity index (χ2v) is 11.5. The number of aliphatic carboxylic acids is 1. The van der Waals surface area contributed by atoms with Gasteiger partial charge in [0.25, 0.3) is 0 Å². The minimum Gasteiger partial charge on any atom is -0.477 e. The summed E-state index contributed by atoms with van der Waals surface area (Å²) in [7, 11) is 1.50. The van der Waals surface area contributed by atoms with Gasteiger partial charge in [0.1, 0.15) is 5.70 Å². The summed E-state index contributed by atoms with van der Waals surface area (Å²) in [5.41, 5.74) is 6.08. The van der Waals surface area contributed by atoms with Crippen LogP contribution in [0.15, 0.2) is 10.6 Å². The normalized spacial score (nSPS) is 35.5. The SMILES string of the molecule is CNC(=O)N[C@H](C)[C@H]1C(=O)N2C(C(=O)O)=C(S[C@@H]3CN[C@H](C(=O)N4CCC(N)CC4C)C3)[C@H](C)[C@@H]12. The summed E-state index contributed by atoms with van der Waals surface area (Å²) >= 11 is 1.46. The maximum atomic E-state index is 13.1. The number of fused-ring (bicyclic) bond motifs is 1. The topological polar surface area (TPSA) is 157 Å². The van der Waals surface area contributed by atoms with Crippen molar-refractivity contribution in [2.45, 2.75) is 75.5 Å². The predicted octanol–water partition coefficient (Wildman–Crippen LogP) is -0.121. The third-order valence-electron chi connectivity index (χ3n) is 7.80. The number of nitrogens with two attached hydrogens (primary N) is 1. The molecule has 6 N–H and O–H groups in total. The van der Waals surface area contributed by atoms with E-state index in [9.17, 15) is 24.3 Å². The van der Waals surface area contributed by atoms with Crippen molar-refractivity contribution >= 4 is 35.6 Å². The molecule has 11 nitrogen and oxygen atoms in total. The number of amides is 4. The first kappa shape index (κ1) is 25.8. The van der Waals surface area contributed by atoms with Gasteiger partial charge in [0.15, 0.2) is 0 Å². The maximum absolute atomic E-state index is 13.1. The molecule has 4 aliphatic rings. The van der Waals surface area contributed by atoms with Crippen molar-refractivity contribution in [3.63, 3.8) is 0 Å². The first-order valence-electron chi connectivity index (χ1n) is 12.3. The van der Waals surface area contributed by atoms with Gasteiger partial charge in [-0.25, -0.2) is 9.59 Å². The number of nitrogens with one attached hydrogen (secondary N) is 3. The van der Waals surface area contributed by atoms with E-state index in [-0.39, 0.29) is 58.9 Å². The molecule has 0 aromatic heterocycles. The van der Waals surface area contributed by atoms with Crippen LogP contribution in [0.2, 0.25) is 0 Å². The molecule has 12 heteroatoms. The number of hydrogen-bond acceptors (Lipinski definition) is 7. The quantitative estimate of drug-likeness (QED) is 0.311. The van der Waals surface area contributed by atoms with E-state index in [1.54, 1.807) is 6.92 Å². The van der Waals surface area contributed by atoms with Gasteiger partial charge in [-0.05, 0) is 33.1 Å². The molecule has 0 aliphatic carbocycles. The zero-order valence-corrected chi connectivity index (χ0v) is 21.4. The number of piperidine rings is 1. The molecular weight excluding hydrogens is 472 g/mol. The van der Waals surface area contributed by atoms with Crippen molar-refractivity contribution in [2.75, 3.05) is 20.1 Å². The zero-order chi connectivity index (χ0) is 25.6. The molecule has 35 heavy (non-hydrogen) atoms. The molecule has 0 aromatic rings. The molecule has 0 bridgehead atoms. The highest BCUT2D eigenvalue weighted by Crippen LogP contribution is 2.51. The fourth-order valence-electron chi connectivity index (χ4n) is 5.96. The van der Waals surface area contributed by atoms with Crippen LogP contribution in [-0.2, 0) is 14.4 Å². The van der Waals surface area contributed by atoms with E-state index in [1.165, 1.54) is 23.7 Å². The Bertz CT molecular complexity index is 943. The van der Waals surface area contributed by atoms with Crippen LogP contribution in [0.5, 0.6) is 0 Å². The Kier molecular flexibility index (Phi) is 7.35. The van der Waals surface area contributed by atoms with Crippen LogP contribution in [0, 0.1) is 11.8 Å². The summed E-state index contributed by atoms with van der Waals surface area (Å²) in [6.45, 7) is 6.97. The highest BCUT2D eigenvalue weighted by atomic mass is 32.2. The molecule has 0 spiro atoms. The zero-order valence-electron chi connectivity index (χ0n) is 20.6. The standard InChI is InChI=1S/C23H36N6O5S/c1-10-7-13(24)5-6-28(10)20(30)15-8-14(9-26-15)35-19-11(2)17-16(12(3)27-23(34)25-4)21(31)29(17)18(19)22(32)33/h10-17,26H,5-9,24H2,1-4H3,(H,32,33)(H2,25,27,34)/t10?,11-,12-,13?,14+,15+,16-,17+/m1/s1. The molecular formula is C23H36N6O5S. The Morgan fingerprint density at radius 3 is 2.60 bits per heavy atom. The Morgan fingerprint density at radius 2 is 1.97 bits per heavy atom. The lowest BCUT2D eigenvalue weighted by Gasteiger charge is -2.47. The van der Waals surface area contributed by atoms with Crippen molar-refractivity contribution in [3.05, 3.63) is 10.6 Å². The fraction of sp³-hybridized carbons (Fsp3) is 0.739. The number of likely N-dealkylation sites (tertiary alicyclic amines) is 1. The van der Waals surface area contributed by atoms with E-state index in [0.717, 1.165) is 12.8 Å². The predicted molar refractivity (Wildman–Crippen MR) is 131 cm³/mol.